The summed E-state index contributed by atoms with van der Waals surface area (Å²) in [5.74, 6) is -2.01. The molecule has 0 aliphatic rings. The number of amides is 1. The largest absolute Gasteiger partial charge is 0.435 e. The number of ether oxygens (including phenoxy) is 1. The Balaban J connectivity index is 1.92. The van der Waals surface area contributed by atoms with Crippen molar-refractivity contribution in [2.45, 2.75) is 32.4 Å². The third-order valence-electron chi connectivity index (χ3n) is 4.18. The zero-order valence-electron chi connectivity index (χ0n) is 14.4. The SMILES string of the molecule is CC(c1ccc(F)c(F)c1)N(C)C(=O)CCc1ccc(OC(F)F)cc1. The Morgan fingerprint density at radius 3 is 2.31 bits per heavy atom. The van der Waals surface area contributed by atoms with Crippen molar-refractivity contribution in [3.8, 4) is 5.75 Å². The first-order valence-corrected chi connectivity index (χ1v) is 8.02. The molecule has 0 N–H and O–H groups in total. The van der Waals surface area contributed by atoms with Gasteiger partial charge >= 0.3 is 6.61 Å². The Labute approximate surface area is 149 Å². The van der Waals surface area contributed by atoms with Crippen LogP contribution in [0.5, 0.6) is 5.75 Å². The maximum absolute atomic E-state index is 13.3. The number of halogens is 4. The van der Waals surface area contributed by atoms with E-state index >= 15 is 0 Å². The van der Waals surface area contributed by atoms with Gasteiger partial charge in [-0.15, -0.1) is 0 Å². The van der Waals surface area contributed by atoms with Crippen LogP contribution in [0.25, 0.3) is 0 Å². The fourth-order valence-corrected chi connectivity index (χ4v) is 2.48. The van der Waals surface area contributed by atoms with Crippen LogP contribution in [0.15, 0.2) is 42.5 Å². The number of benzene rings is 2. The van der Waals surface area contributed by atoms with Gasteiger partial charge in [-0.25, -0.2) is 8.78 Å². The molecule has 2 aromatic carbocycles. The Morgan fingerprint density at radius 2 is 1.73 bits per heavy atom. The number of hydrogen-bond acceptors (Lipinski definition) is 2. The molecule has 26 heavy (non-hydrogen) atoms. The molecular weight excluding hydrogens is 350 g/mol. The summed E-state index contributed by atoms with van der Waals surface area (Å²) < 4.78 is 54.9. The summed E-state index contributed by atoms with van der Waals surface area (Å²) in [6.07, 6.45) is 0.613. The van der Waals surface area contributed by atoms with E-state index in [2.05, 4.69) is 4.74 Å². The van der Waals surface area contributed by atoms with Gasteiger partial charge in [0.1, 0.15) is 5.75 Å². The van der Waals surface area contributed by atoms with Crippen LogP contribution < -0.4 is 4.74 Å². The van der Waals surface area contributed by atoms with Gasteiger partial charge in [0.05, 0.1) is 6.04 Å². The van der Waals surface area contributed by atoms with Gasteiger partial charge in [0, 0.05) is 13.5 Å². The standard InChI is InChI=1S/C19H19F4NO2/c1-12(14-6-9-16(20)17(21)11-14)24(2)18(25)10-5-13-3-7-15(8-4-13)26-19(22)23/h3-4,6-9,11-12,19H,5,10H2,1-2H3. The molecule has 0 bridgehead atoms. The highest BCUT2D eigenvalue weighted by molar-refractivity contribution is 5.76. The molecule has 0 radical (unpaired) electrons. The number of carbonyl (C=O) groups is 1. The van der Waals surface area contributed by atoms with E-state index in [0.717, 1.165) is 17.7 Å². The fourth-order valence-electron chi connectivity index (χ4n) is 2.48. The molecule has 0 aromatic heterocycles. The molecule has 0 heterocycles. The second-order valence-electron chi connectivity index (χ2n) is 5.88. The molecule has 0 spiro atoms. The highest BCUT2D eigenvalue weighted by atomic mass is 19.3. The van der Waals surface area contributed by atoms with Gasteiger partial charge in [-0.05, 0) is 48.7 Å². The van der Waals surface area contributed by atoms with Crippen molar-refractivity contribution < 1.29 is 27.1 Å². The van der Waals surface area contributed by atoms with E-state index in [1.807, 2.05) is 0 Å². The lowest BCUT2D eigenvalue weighted by Gasteiger charge is -2.25. The van der Waals surface area contributed by atoms with Crippen molar-refractivity contribution in [3.05, 3.63) is 65.2 Å². The number of rotatable bonds is 7. The van der Waals surface area contributed by atoms with Crippen LogP contribution in [0.2, 0.25) is 0 Å². The average Bonchev–Trinajstić information content (AvgIpc) is 2.61. The topological polar surface area (TPSA) is 29.5 Å². The van der Waals surface area contributed by atoms with Gasteiger partial charge in [0.25, 0.3) is 0 Å². The maximum Gasteiger partial charge on any atom is 0.387 e. The number of nitrogens with zero attached hydrogens (tertiary/aromatic N) is 1. The molecule has 0 saturated carbocycles. The molecule has 0 aliphatic carbocycles. The molecule has 0 saturated heterocycles. The quantitative estimate of drug-likeness (QED) is 0.661. The predicted molar refractivity (Wildman–Crippen MR) is 88.9 cm³/mol. The van der Waals surface area contributed by atoms with E-state index in [9.17, 15) is 22.4 Å². The average molecular weight is 369 g/mol. The zero-order valence-corrected chi connectivity index (χ0v) is 14.4. The summed E-state index contributed by atoms with van der Waals surface area (Å²) in [6.45, 7) is -1.16. The van der Waals surface area contributed by atoms with Crippen molar-refractivity contribution in [1.82, 2.24) is 4.90 Å². The minimum Gasteiger partial charge on any atom is -0.435 e. The smallest absolute Gasteiger partial charge is 0.387 e. The van der Waals surface area contributed by atoms with Gasteiger partial charge < -0.3 is 9.64 Å². The number of aryl methyl sites for hydroxylation is 1. The lowest BCUT2D eigenvalue weighted by molar-refractivity contribution is -0.131. The lowest BCUT2D eigenvalue weighted by Crippen LogP contribution is -2.29. The molecule has 1 atom stereocenters. The first-order chi connectivity index (χ1) is 12.3. The summed E-state index contributed by atoms with van der Waals surface area (Å²) in [6, 6.07) is 9.19. The molecule has 0 aliphatic heterocycles. The highest BCUT2D eigenvalue weighted by Gasteiger charge is 2.18. The number of carbonyl (C=O) groups excluding carboxylic acids is 1. The van der Waals surface area contributed by atoms with Crippen LogP contribution in [0.1, 0.15) is 30.5 Å². The Bertz CT molecular complexity index is 750. The van der Waals surface area contributed by atoms with Crippen molar-refractivity contribution in [1.29, 1.82) is 0 Å². The minimum atomic E-state index is -2.88. The van der Waals surface area contributed by atoms with Crippen LogP contribution in [0.4, 0.5) is 17.6 Å². The minimum absolute atomic E-state index is 0.0548. The molecule has 7 heteroatoms. The highest BCUT2D eigenvalue weighted by Crippen LogP contribution is 2.22. The molecular formula is C19H19F4NO2. The predicted octanol–water partition coefficient (Wildman–Crippen LogP) is 4.72. The van der Waals surface area contributed by atoms with Gasteiger partial charge in [0.15, 0.2) is 11.6 Å². The molecule has 3 nitrogen and oxygen atoms in total. The van der Waals surface area contributed by atoms with Crippen LogP contribution >= 0.6 is 0 Å². The zero-order chi connectivity index (χ0) is 19.3. The van der Waals surface area contributed by atoms with Crippen molar-refractivity contribution >= 4 is 5.91 Å². The molecule has 2 aromatic rings. The molecule has 2 rings (SSSR count). The van der Waals surface area contributed by atoms with E-state index in [-0.39, 0.29) is 18.1 Å². The first-order valence-electron chi connectivity index (χ1n) is 8.02. The summed E-state index contributed by atoms with van der Waals surface area (Å²) >= 11 is 0. The summed E-state index contributed by atoms with van der Waals surface area (Å²) in [7, 11) is 1.59. The van der Waals surface area contributed by atoms with Gasteiger partial charge in [-0.1, -0.05) is 18.2 Å². The van der Waals surface area contributed by atoms with Gasteiger partial charge in [-0.3, -0.25) is 4.79 Å². The summed E-state index contributed by atoms with van der Waals surface area (Å²) in [5.41, 5.74) is 1.29. The van der Waals surface area contributed by atoms with E-state index in [1.54, 1.807) is 26.1 Å². The van der Waals surface area contributed by atoms with Crippen LogP contribution in [-0.2, 0) is 11.2 Å². The third-order valence-corrected chi connectivity index (χ3v) is 4.18. The Hall–Kier alpha value is -2.57. The van der Waals surface area contributed by atoms with E-state index in [0.29, 0.717) is 12.0 Å². The Kier molecular flexibility index (Phi) is 6.60. The molecule has 0 fully saturated rings. The molecule has 1 unspecified atom stereocenters. The van der Waals surface area contributed by atoms with Crippen molar-refractivity contribution in [3.63, 3.8) is 0 Å². The van der Waals surface area contributed by atoms with Crippen molar-refractivity contribution in [2.75, 3.05) is 7.05 Å². The summed E-state index contributed by atoms with van der Waals surface area (Å²) in [4.78, 5) is 13.8. The second-order valence-corrected chi connectivity index (χ2v) is 5.88. The second kappa shape index (κ2) is 8.69. The monoisotopic (exact) mass is 369 g/mol. The van der Waals surface area contributed by atoms with E-state index < -0.39 is 24.3 Å². The number of alkyl halides is 2. The Morgan fingerprint density at radius 1 is 1.08 bits per heavy atom. The fraction of sp³-hybridized carbons (Fsp3) is 0.316. The molecule has 1 amide bonds. The first kappa shape index (κ1) is 19.8. The normalized spacial score (nSPS) is 12.1. The third kappa shape index (κ3) is 5.21. The van der Waals surface area contributed by atoms with Crippen LogP contribution in [-0.4, -0.2) is 24.5 Å². The van der Waals surface area contributed by atoms with E-state index in [4.69, 9.17) is 0 Å². The summed E-state index contributed by atoms with van der Waals surface area (Å²) in [5, 5.41) is 0. The number of hydrogen-bond donors (Lipinski definition) is 0. The maximum atomic E-state index is 13.3. The van der Waals surface area contributed by atoms with Gasteiger partial charge in [0.2, 0.25) is 5.91 Å². The molecule has 140 valence electrons. The van der Waals surface area contributed by atoms with Gasteiger partial charge in [-0.2, -0.15) is 8.78 Å². The van der Waals surface area contributed by atoms with Crippen LogP contribution in [0.3, 0.4) is 0 Å². The lowest BCUT2D eigenvalue weighted by atomic mass is 10.1. The van der Waals surface area contributed by atoms with Crippen LogP contribution in [0, 0.1) is 11.6 Å². The van der Waals surface area contributed by atoms with Crippen molar-refractivity contribution in [2.24, 2.45) is 0 Å². The van der Waals surface area contributed by atoms with E-state index in [1.165, 1.54) is 23.1 Å².